The fourth-order valence-electron chi connectivity index (χ4n) is 1.43. The molecule has 0 bridgehead atoms. The van der Waals surface area contributed by atoms with Gasteiger partial charge in [-0.2, -0.15) is 0 Å². The van der Waals surface area contributed by atoms with Gasteiger partial charge in [0.15, 0.2) is 10.8 Å². The van der Waals surface area contributed by atoms with Gasteiger partial charge in [-0.25, -0.2) is 9.78 Å². The van der Waals surface area contributed by atoms with E-state index in [2.05, 4.69) is 10.3 Å². The Labute approximate surface area is 109 Å². The van der Waals surface area contributed by atoms with Gasteiger partial charge in [-0.05, 0) is 26.0 Å². The van der Waals surface area contributed by atoms with Gasteiger partial charge in [-0.15, -0.1) is 11.3 Å². The lowest BCUT2D eigenvalue weighted by molar-refractivity contribution is 0.0520. The number of carbonyl (C=O) groups excluding carboxylic acids is 1. The topological polar surface area (TPSA) is 64.4 Å². The number of carbonyl (C=O) groups is 1. The van der Waals surface area contributed by atoms with E-state index in [-0.39, 0.29) is 6.04 Å². The molecule has 2 rings (SSSR count). The maximum absolute atomic E-state index is 11.4. The molecule has 0 saturated heterocycles. The van der Waals surface area contributed by atoms with Crippen molar-refractivity contribution in [2.75, 3.05) is 11.9 Å². The molecule has 5 nitrogen and oxygen atoms in total. The number of ether oxygens (including phenoxy) is 1. The third-order valence-corrected chi connectivity index (χ3v) is 3.07. The average molecular weight is 266 g/mol. The van der Waals surface area contributed by atoms with Gasteiger partial charge < -0.3 is 14.5 Å². The first-order valence-corrected chi connectivity index (χ1v) is 6.51. The van der Waals surface area contributed by atoms with E-state index in [4.69, 9.17) is 9.15 Å². The number of anilines is 1. The summed E-state index contributed by atoms with van der Waals surface area (Å²) < 4.78 is 10.2. The smallest absolute Gasteiger partial charge is 0.357 e. The predicted molar refractivity (Wildman–Crippen MR) is 68.8 cm³/mol. The summed E-state index contributed by atoms with van der Waals surface area (Å²) >= 11 is 1.36. The van der Waals surface area contributed by atoms with E-state index in [0.29, 0.717) is 17.4 Å². The highest BCUT2D eigenvalue weighted by Gasteiger charge is 2.14. The zero-order chi connectivity index (χ0) is 13.0. The first kappa shape index (κ1) is 12.6. The molecule has 0 saturated carbocycles. The number of hydrogen-bond acceptors (Lipinski definition) is 6. The van der Waals surface area contributed by atoms with Crippen LogP contribution in [0.2, 0.25) is 0 Å². The second-order valence-corrected chi connectivity index (χ2v) is 4.50. The van der Waals surface area contributed by atoms with Gasteiger partial charge in [-0.1, -0.05) is 0 Å². The number of nitrogens with zero attached hydrogens (tertiary/aromatic N) is 1. The number of rotatable bonds is 5. The summed E-state index contributed by atoms with van der Waals surface area (Å²) in [5.41, 5.74) is 0.330. The van der Waals surface area contributed by atoms with E-state index < -0.39 is 5.97 Å². The molecule has 18 heavy (non-hydrogen) atoms. The maximum Gasteiger partial charge on any atom is 0.357 e. The van der Waals surface area contributed by atoms with Gasteiger partial charge in [0.2, 0.25) is 0 Å². The Morgan fingerprint density at radius 2 is 2.50 bits per heavy atom. The number of nitrogens with one attached hydrogen (secondary N) is 1. The van der Waals surface area contributed by atoms with Gasteiger partial charge in [0.1, 0.15) is 5.76 Å². The van der Waals surface area contributed by atoms with Crippen molar-refractivity contribution < 1.29 is 13.9 Å². The van der Waals surface area contributed by atoms with Crippen LogP contribution in [0.5, 0.6) is 0 Å². The Morgan fingerprint density at radius 3 is 3.17 bits per heavy atom. The molecule has 2 heterocycles. The van der Waals surface area contributed by atoms with Gasteiger partial charge >= 0.3 is 5.97 Å². The highest BCUT2D eigenvalue weighted by atomic mass is 32.1. The van der Waals surface area contributed by atoms with Crippen molar-refractivity contribution in [1.29, 1.82) is 0 Å². The highest BCUT2D eigenvalue weighted by molar-refractivity contribution is 7.13. The third-order valence-electron chi connectivity index (χ3n) is 2.30. The molecule has 0 aliphatic rings. The van der Waals surface area contributed by atoms with Crippen LogP contribution in [0, 0.1) is 0 Å². The first-order valence-electron chi connectivity index (χ1n) is 5.63. The van der Waals surface area contributed by atoms with Crippen molar-refractivity contribution in [2.24, 2.45) is 0 Å². The number of esters is 1. The molecule has 96 valence electrons. The molecule has 1 N–H and O–H groups in total. The van der Waals surface area contributed by atoms with Crippen LogP contribution in [0.1, 0.15) is 36.1 Å². The Hall–Kier alpha value is -1.82. The molecule has 0 fully saturated rings. The quantitative estimate of drug-likeness (QED) is 0.842. The molecule has 6 heteroatoms. The minimum atomic E-state index is -0.396. The van der Waals surface area contributed by atoms with Crippen molar-refractivity contribution in [1.82, 2.24) is 4.98 Å². The number of aromatic nitrogens is 1. The Morgan fingerprint density at radius 1 is 1.67 bits per heavy atom. The van der Waals surface area contributed by atoms with E-state index in [1.54, 1.807) is 18.6 Å². The summed E-state index contributed by atoms with van der Waals surface area (Å²) in [4.78, 5) is 15.6. The van der Waals surface area contributed by atoms with Gasteiger partial charge in [0, 0.05) is 5.38 Å². The van der Waals surface area contributed by atoms with Crippen molar-refractivity contribution in [3.63, 3.8) is 0 Å². The van der Waals surface area contributed by atoms with Crippen molar-refractivity contribution in [3.05, 3.63) is 35.2 Å². The third kappa shape index (κ3) is 2.89. The minimum Gasteiger partial charge on any atom is -0.467 e. The van der Waals surface area contributed by atoms with E-state index in [1.807, 2.05) is 19.1 Å². The molecule has 1 unspecified atom stereocenters. The molecule has 1 atom stereocenters. The summed E-state index contributed by atoms with van der Waals surface area (Å²) in [6, 6.07) is 3.72. The molecule has 0 aliphatic heterocycles. The Bertz CT molecular complexity index is 507. The number of thiazole rings is 1. The minimum absolute atomic E-state index is 0.00111. The van der Waals surface area contributed by atoms with E-state index in [9.17, 15) is 4.79 Å². The van der Waals surface area contributed by atoms with E-state index >= 15 is 0 Å². The standard InChI is InChI=1S/C12H14N2O3S/c1-3-16-11(15)9-7-18-12(14-9)13-8(2)10-5-4-6-17-10/h4-8H,3H2,1-2H3,(H,13,14). The van der Waals surface area contributed by atoms with Gasteiger partial charge in [0.05, 0.1) is 18.9 Å². The molecular formula is C12H14N2O3S. The molecule has 2 aromatic rings. The van der Waals surface area contributed by atoms with E-state index in [1.165, 1.54) is 11.3 Å². The average Bonchev–Trinajstić information content (AvgIpc) is 2.99. The zero-order valence-corrected chi connectivity index (χ0v) is 11.0. The van der Waals surface area contributed by atoms with Crippen LogP contribution in [0.25, 0.3) is 0 Å². The van der Waals surface area contributed by atoms with Crippen LogP contribution >= 0.6 is 11.3 Å². The molecule has 0 radical (unpaired) electrons. The summed E-state index contributed by atoms with van der Waals surface area (Å²) in [5.74, 6) is 0.426. The van der Waals surface area contributed by atoms with Crippen LogP contribution < -0.4 is 5.32 Å². The summed E-state index contributed by atoms with van der Waals surface area (Å²) in [5, 5.41) is 5.51. The van der Waals surface area contributed by atoms with Crippen LogP contribution in [-0.2, 0) is 4.74 Å². The first-order chi connectivity index (χ1) is 8.70. The molecule has 0 aromatic carbocycles. The zero-order valence-electron chi connectivity index (χ0n) is 10.2. The lowest BCUT2D eigenvalue weighted by Crippen LogP contribution is -2.07. The number of hydrogen-bond donors (Lipinski definition) is 1. The fourth-order valence-corrected chi connectivity index (χ4v) is 2.20. The lowest BCUT2D eigenvalue weighted by Gasteiger charge is -2.09. The monoisotopic (exact) mass is 266 g/mol. The summed E-state index contributed by atoms with van der Waals surface area (Å²) in [6.45, 7) is 4.08. The van der Waals surface area contributed by atoms with Crippen LogP contribution in [0.3, 0.4) is 0 Å². The second kappa shape index (κ2) is 5.68. The summed E-state index contributed by atoms with van der Waals surface area (Å²) in [7, 11) is 0. The molecular weight excluding hydrogens is 252 g/mol. The van der Waals surface area contributed by atoms with Crippen molar-refractivity contribution in [2.45, 2.75) is 19.9 Å². The SMILES string of the molecule is CCOC(=O)c1csc(NC(C)c2ccco2)n1. The maximum atomic E-state index is 11.4. The largest absolute Gasteiger partial charge is 0.467 e. The van der Waals surface area contributed by atoms with Crippen LogP contribution in [0.15, 0.2) is 28.2 Å². The number of furan rings is 1. The van der Waals surface area contributed by atoms with Crippen LogP contribution in [-0.4, -0.2) is 17.6 Å². The lowest BCUT2D eigenvalue weighted by atomic mass is 10.3. The van der Waals surface area contributed by atoms with E-state index in [0.717, 1.165) is 5.76 Å². The highest BCUT2D eigenvalue weighted by Crippen LogP contribution is 2.22. The fraction of sp³-hybridized carbons (Fsp3) is 0.333. The predicted octanol–water partition coefficient (Wildman–Crippen LogP) is 3.09. The van der Waals surface area contributed by atoms with Crippen LogP contribution in [0.4, 0.5) is 5.13 Å². The van der Waals surface area contributed by atoms with Gasteiger partial charge in [0.25, 0.3) is 0 Å². The molecule has 2 aromatic heterocycles. The van der Waals surface area contributed by atoms with Crippen molar-refractivity contribution >= 4 is 22.4 Å². The van der Waals surface area contributed by atoms with Gasteiger partial charge in [-0.3, -0.25) is 0 Å². The molecule has 0 aliphatic carbocycles. The second-order valence-electron chi connectivity index (χ2n) is 3.64. The molecule has 0 spiro atoms. The molecule has 0 amide bonds. The van der Waals surface area contributed by atoms with Crippen molar-refractivity contribution in [3.8, 4) is 0 Å². The Kier molecular flexibility index (Phi) is 3.99. The Balaban J connectivity index is 2.00. The normalized spacial score (nSPS) is 12.1. The summed E-state index contributed by atoms with van der Waals surface area (Å²) in [6.07, 6.45) is 1.62.